The largest absolute Gasteiger partial charge is 0.399 e. The fraction of sp³-hybridized carbons (Fsp3) is 0.538. The lowest BCUT2D eigenvalue weighted by atomic mass is 9.94. The van der Waals surface area contributed by atoms with Gasteiger partial charge in [-0.3, -0.25) is 0 Å². The van der Waals surface area contributed by atoms with Gasteiger partial charge >= 0.3 is 0 Å². The van der Waals surface area contributed by atoms with Crippen molar-refractivity contribution in [3.05, 3.63) is 23.8 Å². The Labute approximate surface area is 114 Å². The Kier molecular flexibility index (Phi) is 3.85. The lowest BCUT2D eigenvalue weighted by Crippen LogP contribution is -2.49. The van der Waals surface area contributed by atoms with Crippen molar-refractivity contribution in [2.45, 2.75) is 37.1 Å². The third-order valence-electron chi connectivity index (χ3n) is 3.48. The number of anilines is 1. The van der Waals surface area contributed by atoms with E-state index in [1.54, 1.807) is 19.1 Å². The Balaban J connectivity index is 2.29. The number of sulfonamides is 1. The van der Waals surface area contributed by atoms with E-state index in [2.05, 4.69) is 4.72 Å². The summed E-state index contributed by atoms with van der Waals surface area (Å²) in [6.07, 6.45) is 1.35. The van der Waals surface area contributed by atoms with Crippen LogP contribution in [-0.2, 0) is 14.8 Å². The van der Waals surface area contributed by atoms with E-state index in [-0.39, 0.29) is 4.90 Å². The number of rotatable bonds is 3. The summed E-state index contributed by atoms with van der Waals surface area (Å²) < 4.78 is 33.0. The molecule has 0 aliphatic carbocycles. The first kappa shape index (κ1) is 14.3. The molecule has 0 atom stereocenters. The highest BCUT2D eigenvalue weighted by Gasteiger charge is 2.33. The molecule has 0 saturated carbocycles. The van der Waals surface area contributed by atoms with Gasteiger partial charge in [-0.05, 0) is 44.4 Å². The zero-order valence-electron chi connectivity index (χ0n) is 11.3. The van der Waals surface area contributed by atoms with Gasteiger partial charge in [0.15, 0.2) is 0 Å². The van der Waals surface area contributed by atoms with Crippen molar-refractivity contribution in [2.24, 2.45) is 0 Å². The van der Waals surface area contributed by atoms with E-state index in [9.17, 15) is 8.42 Å². The monoisotopic (exact) mass is 284 g/mol. The molecular weight excluding hydrogens is 264 g/mol. The smallest absolute Gasteiger partial charge is 0.241 e. The number of hydrogen-bond acceptors (Lipinski definition) is 4. The van der Waals surface area contributed by atoms with Crippen LogP contribution < -0.4 is 10.5 Å². The van der Waals surface area contributed by atoms with Crippen molar-refractivity contribution in [1.82, 2.24) is 4.72 Å². The van der Waals surface area contributed by atoms with E-state index in [1.165, 1.54) is 6.07 Å². The lowest BCUT2D eigenvalue weighted by Gasteiger charge is -2.34. The molecule has 1 aliphatic heterocycles. The molecule has 2 rings (SSSR count). The molecule has 0 bridgehead atoms. The van der Waals surface area contributed by atoms with Gasteiger partial charge in [-0.25, -0.2) is 13.1 Å². The predicted molar refractivity (Wildman–Crippen MR) is 74.4 cm³/mol. The van der Waals surface area contributed by atoms with Crippen LogP contribution in [0.5, 0.6) is 0 Å². The zero-order chi connectivity index (χ0) is 14.1. The van der Waals surface area contributed by atoms with Gasteiger partial charge in [0.2, 0.25) is 10.0 Å². The van der Waals surface area contributed by atoms with E-state index >= 15 is 0 Å². The first-order valence-corrected chi connectivity index (χ1v) is 7.79. The zero-order valence-corrected chi connectivity index (χ0v) is 12.1. The first-order chi connectivity index (χ1) is 8.82. The Morgan fingerprint density at radius 2 is 1.95 bits per heavy atom. The molecule has 1 aromatic carbocycles. The maximum Gasteiger partial charge on any atom is 0.241 e. The van der Waals surface area contributed by atoms with Crippen LogP contribution >= 0.6 is 0 Å². The van der Waals surface area contributed by atoms with Gasteiger partial charge < -0.3 is 10.5 Å². The highest BCUT2D eigenvalue weighted by atomic mass is 32.2. The van der Waals surface area contributed by atoms with Crippen LogP contribution in [0.1, 0.15) is 25.3 Å². The minimum absolute atomic E-state index is 0.250. The van der Waals surface area contributed by atoms with Crippen molar-refractivity contribution in [3.8, 4) is 0 Å². The third kappa shape index (κ3) is 3.26. The van der Waals surface area contributed by atoms with Gasteiger partial charge in [0.1, 0.15) is 0 Å². The second-order valence-electron chi connectivity index (χ2n) is 5.30. The molecule has 106 valence electrons. The Hall–Kier alpha value is -1.11. The van der Waals surface area contributed by atoms with Gasteiger partial charge in [0, 0.05) is 24.4 Å². The number of benzene rings is 1. The fourth-order valence-corrected chi connectivity index (χ4v) is 3.96. The number of hydrogen-bond donors (Lipinski definition) is 2. The summed E-state index contributed by atoms with van der Waals surface area (Å²) in [6, 6.07) is 4.92. The van der Waals surface area contributed by atoms with E-state index in [0.29, 0.717) is 37.3 Å². The summed E-state index contributed by atoms with van der Waals surface area (Å²) in [5, 5.41) is 0. The van der Waals surface area contributed by atoms with Crippen molar-refractivity contribution < 1.29 is 13.2 Å². The van der Waals surface area contributed by atoms with Crippen LogP contribution in [0.2, 0.25) is 0 Å². The molecule has 1 saturated heterocycles. The molecular formula is C13H20N2O3S. The maximum atomic E-state index is 12.5. The van der Waals surface area contributed by atoms with Gasteiger partial charge in [0.05, 0.1) is 4.90 Å². The summed E-state index contributed by atoms with van der Waals surface area (Å²) in [4.78, 5) is 0.250. The molecule has 5 nitrogen and oxygen atoms in total. The molecule has 1 fully saturated rings. The summed E-state index contributed by atoms with van der Waals surface area (Å²) >= 11 is 0. The second-order valence-corrected chi connectivity index (χ2v) is 6.95. The molecule has 1 aromatic rings. The van der Waals surface area contributed by atoms with E-state index in [0.717, 1.165) is 0 Å². The number of nitrogen functional groups attached to an aromatic ring is 1. The summed E-state index contributed by atoms with van der Waals surface area (Å²) in [6.45, 7) is 4.83. The Bertz CT molecular complexity index is 563. The number of ether oxygens (including phenoxy) is 1. The molecule has 1 heterocycles. The lowest BCUT2D eigenvalue weighted by molar-refractivity contribution is 0.0537. The molecule has 6 heteroatoms. The minimum atomic E-state index is -3.56. The number of aryl methyl sites for hydroxylation is 1. The van der Waals surface area contributed by atoms with Crippen LogP contribution in [0, 0.1) is 6.92 Å². The topological polar surface area (TPSA) is 81.4 Å². The molecule has 3 N–H and O–H groups in total. The SMILES string of the molecule is Cc1ccc(N)cc1S(=O)(=O)NC1(C)CCOCC1. The van der Waals surface area contributed by atoms with Gasteiger partial charge in [-0.15, -0.1) is 0 Å². The minimum Gasteiger partial charge on any atom is -0.399 e. The Morgan fingerprint density at radius 3 is 2.58 bits per heavy atom. The number of nitrogens with one attached hydrogen (secondary N) is 1. The molecule has 19 heavy (non-hydrogen) atoms. The average molecular weight is 284 g/mol. The van der Waals surface area contributed by atoms with E-state index in [1.807, 2.05) is 6.92 Å². The van der Waals surface area contributed by atoms with Gasteiger partial charge in [0.25, 0.3) is 0 Å². The molecule has 0 aromatic heterocycles. The van der Waals surface area contributed by atoms with Crippen LogP contribution in [0.4, 0.5) is 5.69 Å². The summed E-state index contributed by atoms with van der Waals surface area (Å²) in [5.74, 6) is 0. The standard InChI is InChI=1S/C13H20N2O3S/c1-10-3-4-11(14)9-12(10)19(16,17)15-13(2)5-7-18-8-6-13/h3-4,9,15H,5-8,14H2,1-2H3. The molecule has 1 aliphatic rings. The normalized spacial score (nSPS) is 19.3. The van der Waals surface area contributed by atoms with Crippen molar-refractivity contribution in [2.75, 3.05) is 18.9 Å². The molecule has 0 radical (unpaired) electrons. The van der Waals surface area contributed by atoms with Crippen molar-refractivity contribution in [3.63, 3.8) is 0 Å². The van der Waals surface area contributed by atoms with E-state index < -0.39 is 15.6 Å². The average Bonchev–Trinajstić information content (AvgIpc) is 2.31. The highest BCUT2D eigenvalue weighted by molar-refractivity contribution is 7.89. The van der Waals surface area contributed by atoms with Crippen LogP contribution in [-0.4, -0.2) is 27.2 Å². The fourth-order valence-electron chi connectivity index (χ4n) is 2.21. The second kappa shape index (κ2) is 5.11. The molecule has 0 amide bonds. The van der Waals surface area contributed by atoms with Crippen molar-refractivity contribution >= 4 is 15.7 Å². The van der Waals surface area contributed by atoms with Crippen molar-refractivity contribution in [1.29, 1.82) is 0 Å². The predicted octanol–water partition coefficient (Wildman–Crippen LogP) is 1.42. The highest BCUT2D eigenvalue weighted by Crippen LogP contribution is 2.25. The third-order valence-corrected chi connectivity index (χ3v) is 5.26. The first-order valence-electron chi connectivity index (χ1n) is 6.30. The van der Waals surface area contributed by atoms with Crippen LogP contribution in [0.15, 0.2) is 23.1 Å². The number of nitrogens with two attached hydrogens (primary N) is 1. The Morgan fingerprint density at radius 1 is 1.32 bits per heavy atom. The summed E-state index contributed by atoms with van der Waals surface area (Å²) in [7, 11) is -3.56. The van der Waals surface area contributed by atoms with Crippen LogP contribution in [0.25, 0.3) is 0 Å². The quantitative estimate of drug-likeness (QED) is 0.823. The van der Waals surface area contributed by atoms with Crippen LogP contribution in [0.3, 0.4) is 0 Å². The van der Waals surface area contributed by atoms with Gasteiger partial charge in [-0.2, -0.15) is 0 Å². The molecule has 0 unspecified atom stereocenters. The van der Waals surface area contributed by atoms with E-state index in [4.69, 9.17) is 10.5 Å². The molecule has 0 spiro atoms. The van der Waals surface area contributed by atoms with Gasteiger partial charge in [-0.1, -0.05) is 6.07 Å². The summed E-state index contributed by atoms with van der Waals surface area (Å²) in [5.41, 5.74) is 6.37. The maximum absolute atomic E-state index is 12.5.